The molecule has 0 spiro atoms. The summed E-state index contributed by atoms with van der Waals surface area (Å²) in [6.07, 6.45) is -0.0910. The summed E-state index contributed by atoms with van der Waals surface area (Å²) < 4.78 is 5.26. The molecule has 3 nitrogen and oxygen atoms in total. The molecule has 0 amide bonds. The van der Waals surface area contributed by atoms with E-state index in [1.165, 1.54) is 0 Å². The Labute approximate surface area is 86.4 Å². The van der Waals surface area contributed by atoms with E-state index in [0.29, 0.717) is 6.04 Å². The van der Waals surface area contributed by atoms with Crippen LogP contribution in [-0.4, -0.2) is 29.2 Å². The van der Waals surface area contributed by atoms with Crippen molar-refractivity contribution in [3.8, 4) is 0 Å². The normalized spacial score (nSPS) is 29.8. The summed E-state index contributed by atoms with van der Waals surface area (Å²) in [7, 11) is 0. The van der Waals surface area contributed by atoms with Crippen LogP contribution in [0, 0.1) is 5.41 Å². The van der Waals surface area contributed by atoms with Crippen LogP contribution in [0.2, 0.25) is 0 Å². The fourth-order valence-corrected chi connectivity index (χ4v) is 2.14. The van der Waals surface area contributed by atoms with Gasteiger partial charge in [-0.05, 0) is 26.2 Å². The second-order valence-corrected chi connectivity index (χ2v) is 5.35. The van der Waals surface area contributed by atoms with Gasteiger partial charge in [0.2, 0.25) is 0 Å². The van der Waals surface area contributed by atoms with Gasteiger partial charge < -0.3 is 4.74 Å². The van der Waals surface area contributed by atoms with Crippen LogP contribution < -0.4 is 0 Å². The molecule has 0 aromatic rings. The van der Waals surface area contributed by atoms with Gasteiger partial charge in [0, 0.05) is 6.04 Å². The molecule has 1 fully saturated rings. The fourth-order valence-electron chi connectivity index (χ4n) is 2.14. The molecule has 1 rings (SSSR count). The second kappa shape index (κ2) is 3.54. The zero-order chi connectivity index (χ0) is 11.1. The third kappa shape index (κ3) is 1.92. The van der Waals surface area contributed by atoms with Crippen LogP contribution in [0.5, 0.6) is 0 Å². The molecule has 1 saturated heterocycles. The highest BCUT2D eigenvalue weighted by molar-refractivity contribution is 5.78. The average molecular weight is 199 g/mol. The molecule has 14 heavy (non-hydrogen) atoms. The summed E-state index contributed by atoms with van der Waals surface area (Å²) in [6.45, 7) is 12.4. The molecule has 1 aliphatic heterocycles. The fraction of sp³-hybridized carbons (Fsp3) is 0.909. The SMILES string of the molecule is CC(C)N1C(C)OC(=O)[C@@H]1C(C)(C)C. The highest BCUT2D eigenvalue weighted by atomic mass is 16.6. The van der Waals surface area contributed by atoms with Crippen LogP contribution >= 0.6 is 0 Å². The van der Waals surface area contributed by atoms with Gasteiger partial charge >= 0.3 is 5.97 Å². The highest BCUT2D eigenvalue weighted by Gasteiger charge is 2.47. The van der Waals surface area contributed by atoms with Gasteiger partial charge in [0.1, 0.15) is 6.04 Å². The first-order chi connectivity index (χ1) is 6.25. The molecule has 1 aliphatic rings. The lowest BCUT2D eigenvalue weighted by atomic mass is 9.85. The maximum atomic E-state index is 11.7. The molecule has 3 heteroatoms. The van der Waals surface area contributed by atoms with Gasteiger partial charge in [0.25, 0.3) is 0 Å². The Morgan fingerprint density at radius 1 is 1.36 bits per heavy atom. The first-order valence-electron chi connectivity index (χ1n) is 5.23. The summed E-state index contributed by atoms with van der Waals surface area (Å²) in [4.78, 5) is 13.8. The van der Waals surface area contributed by atoms with Crippen LogP contribution in [-0.2, 0) is 9.53 Å². The monoisotopic (exact) mass is 199 g/mol. The first-order valence-corrected chi connectivity index (χ1v) is 5.23. The Balaban J connectivity index is 2.95. The van der Waals surface area contributed by atoms with Crippen LogP contribution in [0.15, 0.2) is 0 Å². The summed E-state index contributed by atoms with van der Waals surface area (Å²) in [5.41, 5.74) is -0.0634. The number of hydrogen-bond acceptors (Lipinski definition) is 3. The van der Waals surface area contributed by atoms with E-state index in [4.69, 9.17) is 4.74 Å². The number of cyclic esters (lactones) is 1. The molecule has 0 aromatic heterocycles. The van der Waals surface area contributed by atoms with E-state index in [2.05, 4.69) is 39.5 Å². The van der Waals surface area contributed by atoms with E-state index < -0.39 is 0 Å². The van der Waals surface area contributed by atoms with Crippen molar-refractivity contribution in [1.82, 2.24) is 4.90 Å². The lowest BCUT2D eigenvalue weighted by molar-refractivity contribution is -0.143. The summed E-state index contributed by atoms with van der Waals surface area (Å²) in [5, 5.41) is 0. The van der Waals surface area contributed by atoms with Gasteiger partial charge in [-0.2, -0.15) is 0 Å². The van der Waals surface area contributed by atoms with Crippen molar-refractivity contribution in [3.63, 3.8) is 0 Å². The summed E-state index contributed by atoms with van der Waals surface area (Å²) >= 11 is 0. The molecule has 0 aromatic carbocycles. The van der Waals surface area contributed by atoms with E-state index >= 15 is 0 Å². The van der Waals surface area contributed by atoms with Gasteiger partial charge in [-0.3, -0.25) is 9.69 Å². The van der Waals surface area contributed by atoms with E-state index in [0.717, 1.165) is 0 Å². The number of ether oxygens (including phenoxy) is 1. The Morgan fingerprint density at radius 3 is 2.14 bits per heavy atom. The lowest BCUT2D eigenvalue weighted by Crippen LogP contribution is -2.48. The van der Waals surface area contributed by atoms with Crippen LogP contribution in [0.4, 0.5) is 0 Å². The Morgan fingerprint density at radius 2 is 1.86 bits per heavy atom. The topological polar surface area (TPSA) is 29.5 Å². The molecule has 0 aliphatic carbocycles. The van der Waals surface area contributed by atoms with Gasteiger partial charge in [0.05, 0.1) is 0 Å². The van der Waals surface area contributed by atoms with Gasteiger partial charge in [-0.15, -0.1) is 0 Å². The Hall–Kier alpha value is -0.570. The number of rotatable bonds is 1. The lowest BCUT2D eigenvalue weighted by Gasteiger charge is -2.35. The number of carbonyl (C=O) groups excluding carboxylic acids is 1. The molecule has 1 unspecified atom stereocenters. The van der Waals surface area contributed by atoms with Gasteiger partial charge in [-0.1, -0.05) is 20.8 Å². The van der Waals surface area contributed by atoms with E-state index in [9.17, 15) is 4.79 Å². The Kier molecular flexibility index (Phi) is 2.91. The minimum Gasteiger partial charge on any atom is -0.445 e. The molecule has 0 radical (unpaired) electrons. The number of esters is 1. The third-order valence-electron chi connectivity index (χ3n) is 2.64. The van der Waals surface area contributed by atoms with Crippen LogP contribution in [0.3, 0.4) is 0 Å². The molecule has 2 atom stereocenters. The van der Waals surface area contributed by atoms with Gasteiger partial charge in [-0.25, -0.2) is 0 Å². The molecular formula is C11H21NO2. The van der Waals surface area contributed by atoms with Crippen molar-refractivity contribution >= 4 is 5.97 Å². The molecule has 0 saturated carbocycles. The Bertz CT molecular complexity index is 230. The number of carbonyl (C=O) groups is 1. The molecule has 1 heterocycles. The van der Waals surface area contributed by atoms with Crippen molar-refractivity contribution in [2.24, 2.45) is 5.41 Å². The first kappa shape index (κ1) is 11.5. The quantitative estimate of drug-likeness (QED) is 0.605. The zero-order valence-electron chi connectivity index (χ0n) is 10.00. The highest BCUT2D eigenvalue weighted by Crippen LogP contribution is 2.33. The van der Waals surface area contributed by atoms with E-state index in [1.54, 1.807) is 0 Å². The minimum absolute atomic E-state index is 0.0634. The summed E-state index contributed by atoms with van der Waals surface area (Å²) in [6, 6.07) is 0.221. The number of nitrogens with zero attached hydrogens (tertiary/aromatic N) is 1. The predicted molar refractivity (Wildman–Crippen MR) is 55.8 cm³/mol. The number of hydrogen-bond donors (Lipinski definition) is 0. The average Bonchev–Trinajstić information content (AvgIpc) is 2.23. The van der Waals surface area contributed by atoms with E-state index in [-0.39, 0.29) is 23.7 Å². The smallest absolute Gasteiger partial charge is 0.325 e. The molecule has 0 bridgehead atoms. The van der Waals surface area contributed by atoms with Crippen molar-refractivity contribution in [1.29, 1.82) is 0 Å². The van der Waals surface area contributed by atoms with Crippen molar-refractivity contribution in [3.05, 3.63) is 0 Å². The van der Waals surface area contributed by atoms with Crippen LogP contribution in [0.1, 0.15) is 41.5 Å². The van der Waals surface area contributed by atoms with E-state index in [1.807, 2.05) is 6.92 Å². The van der Waals surface area contributed by atoms with Gasteiger partial charge in [0.15, 0.2) is 6.23 Å². The van der Waals surface area contributed by atoms with Crippen molar-refractivity contribution < 1.29 is 9.53 Å². The molecule has 82 valence electrons. The zero-order valence-corrected chi connectivity index (χ0v) is 10.00. The van der Waals surface area contributed by atoms with Crippen LogP contribution in [0.25, 0.3) is 0 Å². The second-order valence-electron chi connectivity index (χ2n) is 5.35. The largest absolute Gasteiger partial charge is 0.445 e. The third-order valence-corrected chi connectivity index (χ3v) is 2.64. The van der Waals surface area contributed by atoms with Crippen molar-refractivity contribution in [2.75, 3.05) is 0 Å². The maximum Gasteiger partial charge on any atom is 0.325 e. The molecule has 0 N–H and O–H groups in total. The maximum absolute atomic E-state index is 11.7. The molecular weight excluding hydrogens is 178 g/mol. The minimum atomic E-state index is -0.113. The predicted octanol–water partition coefficient (Wildman–Crippen LogP) is 2.01. The standard InChI is InChI=1S/C11H21NO2/c1-7(2)12-8(3)14-10(13)9(12)11(4,5)6/h7-9H,1-6H3/t8?,9-/m1/s1. The summed E-state index contributed by atoms with van der Waals surface area (Å²) in [5.74, 6) is -0.0845. The van der Waals surface area contributed by atoms with Crippen molar-refractivity contribution in [2.45, 2.75) is 59.9 Å².